The lowest BCUT2D eigenvalue weighted by atomic mass is 9.65. The smallest absolute Gasteiger partial charge is 0.164 e. The highest BCUT2D eigenvalue weighted by Gasteiger charge is 2.53. The molecule has 24 rings (SSSR count). The molecule has 0 radical (unpaired) electrons. The van der Waals surface area contributed by atoms with Gasteiger partial charge in [-0.25, -0.2) is 29.9 Å². The Morgan fingerprint density at radius 2 is 0.306 bits per heavy atom. The quantitative estimate of drug-likeness (QED) is 0.108. The molecular formula is C118H78N6. The van der Waals surface area contributed by atoms with Crippen molar-refractivity contribution in [3.63, 3.8) is 0 Å². The van der Waals surface area contributed by atoms with E-state index in [4.69, 9.17) is 29.9 Å². The van der Waals surface area contributed by atoms with E-state index >= 15 is 0 Å². The van der Waals surface area contributed by atoms with Gasteiger partial charge in [0.2, 0.25) is 0 Å². The molecule has 0 bridgehead atoms. The van der Waals surface area contributed by atoms with Crippen molar-refractivity contribution < 1.29 is 0 Å². The van der Waals surface area contributed by atoms with E-state index in [2.05, 4.69) is 400 Å². The van der Waals surface area contributed by atoms with Crippen LogP contribution in [0.25, 0.3) is 113 Å². The highest BCUT2D eigenvalue weighted by Crippen LogP contribution is 2.64. The molecule has 4 aliphatic carbocycles. The number of hydrogen-bond donors (Lipinski definition) is 0. The summed E-state index contributed by atoms with van der Waals surface area (Å²) in [5.41, 5.74) is 33.2. The monoisotopic (exact) mass is 1580 g/mol. The molecule has 2 aromatic heterocycles. The van der Waals surface area contributed by atoms with Crippen LogP contribution in [0.15, 0.2) is 473 Å². The average molecular weight is 1580 g/mol. The Labute approximate surface area is 721 Å². The zero-order chi connectivity index (χ0) is 82.2. The van der Waals surface area contributed by atoms with Gasteiger partial charge in [-0.2, -0.15) is 0 Å². The molecule has 0 atom stereocenters. The van der Waals surface area contributed by atoms with E-state index in [1.807, 2.05) is 72.8 Å². The van der Waals surface area contributed by atoms with Crippen LogP contribution in [0.3, 0.4) is 0 Å². The molecule has 0 saturated carbocycles. The molecule has 6 nitrogen and oxygen atoms in total. The van der Waals surface area contributed by atoms with Crippen LogP contribution >= 0.6 is 0 Å². The molecule has 2 heterocycles. The summed E-state index contributed by atoms with van der Waals surface area (Å²) in [6.45, 7) is 0. The highest BCUT2D eigenvalue weighted by molar-refractivity contribution is 5.95. The number of hydrogen-bond acceptors (Lipinski definition) is 6. The minimum absolute atomic E-state index is 0.527. The van der Waals surface area contributed by atoms with Crippen molar-refractivity contribution >= 4 is 0 Å². The predicted octanol–water partition coefficient (Wildman–Crippen LogP) is 27.2. The minimum atomic E-state index is -0.634. The van der Waals surface area contributed by atoms with E-state index in [-0.39, 0.29) is 0 Å². The molecule has 0 aliphatic heterocycles. The third kappa shape index (κ3) is 11.4. The molecule has 580 valence electrons. The van der Waals surface area contributed by atoms with E-state index in [9.17, 15) is 0 Å². The third-order valence-electron chi connectivity index (χ3n) is 26.2. The maximum absolute atomic E-state index is 5.20. The van der Waals surface area contributed by atoms with E-state index in [1.54, 1.807) is 0 Å². The number of nitrogens with zero attached hydrogens (tertiary/aromatic N) is 6. The fourth-order valence-electron chi connectivity index (χ4n) is 21.0. The van der Waals surface area contributed by atoms with Crippen LogP contribution in [-0.4, -0.2) is 29.9 Å². The zero-order valence-corrected chi connectivity index (χ0v) is 67.7. The molecule has 0 unspecified atom stereocenters. The second-order valence-corrected chi connectivity index (χ2v) is 32.5. The van der Waals surface area contributed by atoms with Crippen molar-refractivity contribution in [2.75, 3.05) is 0 Å². The standard InChI is InChI=1S/2C59H39N3/c1-6-20-40(21-7-1)55-60-56(41-22-8-2-9-23-41)62-57(61-55)42-34-36-53-49(38-42)50-39-46(35-37-54(50)58(53,43-24-10-3-11-25-43)44-26-12-4-13-27-44)59(45-28-14-5-15-29-45)51-32-18-16-30-47(51)48-31-17-19-33-52(48)59;1-6-20-40(21-7-1)55-60-56(41-22-8-2-9-23-41)62-57(61-55)42-34-36-49-50-39-46(35-37-53(50)58(54(49)38-42,43-24-10-3-11-25-43)44-26-12-4-13-27-44)59(45-28-14-5-15-29-45)51-32-18-16-30-47(51)48-31-17-19-33-52(48)59/h2*1-39H. The first-order chi connectivity index (χ1) is 61.5. The lowest BCUT2D eigenvalue weighted by Gasteiger charge is -2.36. The Morgan fingerprint density at radius 3 is 0.605 bits per heavy atom. The minimum Gasteiger partial charge on any atom is -0.208 e. The van der Waals surface area contributed by atoms with Crippen LogP contribution in [0.5, 0.6) is 0 Å². The highest BCUT2D eigenvalue weighted by atomic mass is 15.0. The molecule has 0 spiro atoms. The summed E-state index contributed by atoms with van der Waals surface area (Å²) in [6.07, 6.45) is 0. The first-order valence-corrected chi connectivity index (χ1v) is 42.6. The van der Waals surface area contributed by atoms with Gasteiger partial charge in [-0.05, 0) is 158 Å². The van der Waals surface area contributed by atoms with Gasteiger partial charge < -0.3 is 0 Å². The Balaban J connectivity index is 0.000000143. The maximum Gasteiger partial charge on any atom is 0.164 e. The number of benzene rings is 18. The van der Waals surface area contributed by atoms with Crippen LogP contribution in [0.2, 0.25) is 0 Å². The van der Waals surface area contributed by atoms with E-state index in [0.29, 0.717) is 34.9 Å². The summed E-state index contributed by atoms with van der Waals surface area (Å²) in [7, 11) is 0. The molecular weight excluding hydrogens is 1500 g/mol. The Bertz CT molecular complexity index is 7150. The van der Waals surface area contributed by atoms with E-state index in [0.717, 1.165) is 38.9 Å². The fourth-order valence-corrected chi connectivity index (χ4v) is 21.0. The lowest BCUT2D eigenvalue weighted by Crippen LogP contribution is -2.30. The summed E-state index contributed by atoms with van der Waals surface area (Å²) in [4.78, 5) is 30.8. The molecule has 6 heteroatoms. The first kappa shape index (κ1) is 73.1. The van der Waals surface area contributed by atoms with Crippen molar-refractivity contribution in [1.29, 1.82) is 0 Å². The van der Waals surface area contributed by atoms with Gasteiger partial charge in [0.15, 0.2) is 34.9 Å². The average Bonchev–Trinajstić information content (AvgIpc) is 1.53. The van der Waals surface area contributed by atoms with E-state index in [1.165, 1.54) is 128 Å². The maximum atomic E-state index is 5.20. The largest absolute Gasteiger partial charge is 0.208 e. The molecule has 0 N–H and O–H groups in total. The summed E-state index contributed by atoms with van der Waals surface area (Å²) < 4.78 is 0. The van der Waals surface area contributed by atoms with Gasteiger partial charge in [0.25, 0.3) is 0 Å². The van der Waals surface area contributed by atoms with Gasteiger partial charge >= 0.3 is 0 Å². The van der Waals surface area contributed by atoms with Crippen LogP contribution in [-0.2, 0) is 21.7 Å². The van der Waals surface area contributed by atoms with Crippen molar-refractivity contribution in [2.24, 2.45) is 0 Å². The molecule has 0 amide bonds. The van der Waals surface area contributed by atoms with Gasteiger partial charge in [-0.15, -0.1) is 0 Å². The summed E-state index contributed by atoms with van der Waals surface area (Å²) in [5, 5.41) is 0. The molecule has 0 saturated heterocycles. The summed E-state index contributed by atoms with van der Waals surface area (Å²) in [6, 6.07) is 171. The van der Waals surface area contributed by atoms with Gasteiger partial charge in [0.05, 0.1) is 21.7 Å². The predicted molar refractivity (Wildman–Crippen MR) is 501 cm³/mol. The van der Waals surface area contributed by atoms with Crippen molar-refractivity contribution in [1.82, 2.24) is 29.9 Å². The number of aromatic nitrogens is 6. The van der Waals surface area contributed by atoms with Crippen LogP contribution in [0.1, 0.15) is 89.0 Å². The second-order valence-electron chi connectivity index (χ2n) is 32.5. The van der Waals surface area contributed by atoms with Crippen LogP contribution < -0.4 is 0 Å². The number of rotatable bonds is 14. The first-order valence-electron chi connectivity index (χ1n) is 42.6. The Hall–Kier alpha value is -16.0. The molecule has 18 aromatic carbocycles. The fraction of sp³-hybridized carbons (Fsp3) is 0.0339. The van der Waals surface area contributed by atoms with Crippen molar-refractivity contribution in [3.8, 4) is 113 Å². The van der Waals surface area contributed by atoms with Crippen molar-refractivity contribution in [3.05, 3.63) is 562 Å². The van der Waals surface area contributed by atoms with Gasteiger partial charge in [0, 0.05) is 33.4 Å². The number of fused-ring (bicyclic) bond motifs is 12. The van der Waals surface area contributed by atoms with Crippen LogP contribution in [0.4, 0.5) is 0 Å². The zero-order valence-electron chi connectivity index (χ0n) is 67.7. The van der Waals surface area contributed by atoms with Gasteiger partial charge in [-0.3, -0.25) is 0 Å². The van der Waals surface area contributed by atoms with E-state index < -0.39 is 21.7 Å². The Morgan fingerprint density at radius 1 is 0.113 bits per heavy atom. The SMILES string of the molecule is c1ccc(-c2nc(-c3ccccc3)nc(-c3ccc4c(c3)-c3cc(C5(c6ccccc6)c6ccccc6-c6ccccc65)ccc3C4(c3ccccc3)c3ccccc3)n2)cc1.c1ccc(-c2nc(-c3ccccc3)nc(-c3ccc4c(c3)C(c3ccccc3)(c3ccccc3)c3ccc(C5(c6ccccc6)c6ccccc6-c6ccccc65)cc3-4)n2)cc1. The van der Waals surface area contributed by atoms with Crippen molar-refractivity contribution in [2.45, 2.75) is 21.7 Å². The molecule has 0 fully saturated rings. The lowest BCUT2D eigenvalue weighted by molar-refractivity contribution is 0.754. The molecule has 4 aliphatic rings. The van der Waals surface area contributed by atoms with Crippen LogP contribution in [0, 0.1) is 0 Å². The van der Waals surface area contributed by atoms with Gasteiger partial charge in [0.1, 0.15) is 0 Å². The third-order valence-corrected chi connectivity index (χ3v) is 26.2. The topological polar surface area (TPSA) is 77.3 Å². The Kier molecular flexibility index (Phi) is 17.7. The van der Waals surface area contributed by atoms with Gasteiger partial charge in [-0.1, -0.05) is 449 Å². The second kappa shape index (κ2) is 30.0. The summed E-state index contributed by atoms with van der Waals surface area (Å²) >= 11 is 0. The normalized spacial score (nSPS) is 13.7. The summed E-state index contributed by atoms with van der Waals surface area (Å²) in [5.74, 6) is 3.84. The molecule has 20 aromatic rings. The molecule has 124 heavy (non-hydrogen) atoms.